The van der Waals surface area contributed by atoms with E-state index in [1.807, 2.05) is 0 Å². The Morgan fingerprint density at radius 2 is 1.79 bits per heavy atom. The maximum Gasteiger partial charge on any atom is 0.338 e. The van der Waals surface area contributed by atoms with Gasteiger partial charge in [-0.25, -0.2) is 4.79 Å². The van der Waals surface area contributed by atoms with Crippen LogP contribution in [0.1, 0.15) is 63.7 Å². The molecule has 0 bridgehead atoms. The maximum absolute atomic E-state index is 12.2. The van der Waals surface area contributed by atoms with Crippen molar-refractivity contribution in [2.24, 2.45) is 16.8 Å². The minimum absolute atomic E-state index is 0.378. The van der Waals surface area contributed by atoms with Gasteiger partial charge in [-0.05, 0) is 36.6 Å². The molecular weight excluding hydrogens is 374 g/mol. The Bertz CT molecular complexity index is 733. The number of esters is 3. The number of ether oxygens (including phenoxy) is 3. The smallest absolute Gasteiger partial charge is 0.338 e. The van der Waals surface area contributed by atoms with Crippen LogP contribution in [0.25, 0.3) is 0 Å². The van der Waals surface area contributed by atoms with Crippen LogP contribution in [0.5, 0.6) is 0 Å². The summed E-state index contributed by atoms with van der Waals surface area (Å²) in [4.78, 5) is 40.2. The molecule has 1 aliphatic heterocycles. The molecule has 1 atom stereocenters. The first kappa shape index (κ1) is 22.6. The van der Waals surface area contributed by atoms with Gasteiger partial charge >= 0.3 is 17.9 Å². The van der Waals surface area contributed by atoms with Crippen molar-refractivity contribution in [3.63, 3.8) is 0 Å². The lowest BCUT2D eigenvalue weighted by Crippen LogP contribution is -2.46. The third-order valence-electron chi connectivity index (χ3n) is 4.67. The predicted octanol–water partition coefficient (Wildman–Crippen LogP) is 4.21. The first-order valence-corrected chi connectivity index (χ1v) is 10.0. The normalized spacial score (nSPS) is 17.7. The highest BCUT2D eigenvalue weighted by molar-refractivity contribution is 6.10. The van der Waals surface area contributed by atoms with Crippen LogP contribution in [-0.4, -0.2) is 36.5 Å². The Kier molecular flexibility index (Phi) is 7.93. The van der Waals surface area contributed by atoms with E-state index >= 15 is 0 Å². The van der Waals surface area contributed by atoms with Gasteiger partial charge in [-0.15, -0.1) is 0 Å². The first-order valence-electron chi connectivity index (χ1n) is 10.0. The van der Waals surface area contributed by atoms with Crippen molar-refractivity contribution in [3.8, 4) is 0 Å². The van der Waals surface area contributed by atoms with Crippen molar-refractivity contribution in [2.75, 3.05) is 6.61 Å². The van der Waals surface area contributed by atoms with Crippen LogP contribution < -0.4 is 0 Å². The van der Waals surface area contributed by atoms with E-state index in [1.165, 1.54) is 20.1 Å². The summed E-state index contributed by atoms with van der Waals surface area (Å²) in [7, 11) is 0. The Morgan fingerprint density at radius 3 is 2.34 bits per heavy atom. The number of aliphatic imine (C=N–C) groups is 1. The molecule has 29 heavy (non-hydrogen) atoms. The molecule has 7 heteroatoms. The lowest BCUT2D eigenvalue weighted by Gasteiger charge is -2.31. The largest absolute Gasteiger partial charge is 0.462 e. The fourth-order valence-electron chi connectivity index (χ4n) is 2.87. The van der Waals surface area contributed by atoms with Crippen LogP contribution in [0.3, 0.4) is 0 Å². The summed E-state index contributed by atoms with van der Waals surface area (Å²) in [5, 5.41) is 0. The SMILES string of the molecule is CCCCC(CC)COC(=O)c1ccc(N=CC2C(=O)OC(C)(C)OC2=O)cc1. The molecule has 0 aromatic heterocycles. The Hall–Kier alpha value is -2.70. The zero-order chi connectivity index (χ0) is 21.4. The molecule has 0 radical (unpaired) electrons. The summed E-state index contributed by atoms with van der Waals surface area (Å²) in [6, 6.07) is 6.43. The molecule has 1 aromatic rings. The summed E-state index contributed by atoms with van der Waals surface area (Å²) in [6.07, 6.45) is 5.47. The van der Waals surface area contributed by atoms with Crippen LogP contribution in [0, 0.1) is 11.8 Å². The fraction of sp³-hybridized carbons (Fsp3) is 0.545. The molecule has 0 aliphatic carbocycles. The van der Waals surface area contributed by atoms with E-state index in [1.54, 1.807) is 24.3 Å². The minimum atomic E-state index is -1.27. The van der Waals surface area contributed by atoms with Crippen LogP contribution in [-0.2, 0) is 23.8 Å². The Labute approximate surface area is 171 Å². The molecule has 158 valence electrons. The average molecular weight is 403 g/mol. The van der Waals surface area contributed by atoms with Gasteiger partial charge in [-0.3, -0.25) is 14.6 Å². The van der Waals surface area contributed by atoms with E-state index in [9.17, 15) is 14.4 Å². The van der Waals surface area contributed by atoms with Gasteiger partial charge in [-0.1, -0.05) is 33.1 Å². The van der Waals surface area contributed by atoms with Gasteiger partial charge in [0.1, 0.15) is 0 Å². The highest BCUT2D eigenvalue weighted by Gasteiger charge is 2.42. The number of nitrogens with zero attached hydrogens (tertiary/aromatic N) is 1. The van der Waals surface area contributed by atoms with E-state index in [0.29, 0.717) is 23.8 Å². The van der Waals surface area contributed by atoms with Crippen molar-refractivity contribution in [2.45, 2.75) is 59.2 Å². The van der Waals surface area contributed by atoms with E-state index in [2.05, 4.69) is 18.8 Å². The fourth-order valence-corrected chi connectivity index (χ4v) is 2.87. The third kappa shape index (κ3) is 6.69. The summed E-state index contributed by atoms with van der Waals surface area (Å²) in [5.41, 5.74) is 0.911. The third-order valence-corrected chi connectivity index (χ3v) is 4.67. The molecule has 1 fully saturated rings. The Balaban J connectivity index is 1.92. The maximum atomic E-state index is 12.2. The van der Waals surface area contributed by atoms with E-state index in [4.69, 9.17) is 14.2 Å². The van der Waals surface area contributed by atoms with Crippen molar-refractivity contribution >= 4 is 29.8 Å². The van der Waals surface area contributed by atoms with Crippen LogP contribution >= 0.6 is 0 Å². The molecule has 1 unspecified atom stereocenters. The van der Waals surface area contributed by atoms with Crippen molar-refractivity contribution in [1.29, 1.82) is 0 Å². The van der Waals surface area contributed by atoms with Crippen LogP contribution in [0.4, 0.5) is 5.69 Å². The summed E-state index contributed by atoms with van der Waals surface area (Å²) < 4.78 is 15.5. The first-order chi connectivity index (χ1) is 13.8. The van der Waals surface area contributed by atoms with E-state index < -0.39 is 23.6 Å². The number of carbonyl (C=O) groups excluding carboxylic acids is 3. The Morgan fingerprint density at radius 1 is 1.17 bits per heavy atom. The number of hydrogen-bond acceptors (Lipinski definition) is 7. The molecule has 1 aliphatic rings. The molecule has 0 N–H and O–H groups in total. The number of cyclic esters (lactones) is 2. The van der Waals surface area contributed by atoms with Crippen LogP contribution in [0.2, 0.25) is 0 Å². The topological polar surface area (TPSA) is 91.3 Å². The van der Waals surface area contributed by atoms with Gasteiger partial charge in [0.2, 0.25) is 0 Å². The number of carbonyl (C=O) groups is 3. The summed E-state index contributed by atoms with van der Waals surface area (Å²) >= 11 is 0. The molecule has 1 saturated heterocycles. The lowest BCUT2D eigenvalue weighted by molar-refractivity contribution is -0.235. The number of hydrogen-bond donors (Lipinski definition) is 0. The number of benzene rings is 1. The zero-order valence-electron chi connectivity index (χ0n) is 17.5. The predicted molar refractivity (Wildman–Crippen MR) is 108 cm³/mol. The van der Waals surface area contributed by atoms with Gasteiger partial charge in [0.05, 0.1) is 17.9 Å². The minimum Gasteiger partial charge on any atom is -0.462 e. The van der Waals surface area contributed by atoms with Gasteiger partial charge < -0.3 is 14.2 Å². The second kappa shape index (κ2) is 10.2. The summed E-state index contributed by atoms with van der Waals surface area (Å²) in [5.74, 6) is -3.89. The quantitative estimate of drug-likeness (QED) is 0.348. The summed E-state index contributed by atoms with van der Waals surface area (Å²) in [6.45, 7) is 7.63. The van der Waals surface area contributed by atoms with Gasteiger partial charge in [0, 0.05) is 20.1 Å². The lowest BCUT2D eigenvalue weighted by atomic mass is 10.0. The molecule has 1 heterocycles. The highest BCUT2D eigenvalue weighted by atomic mass is 16.7. The van der Waals surface area contributed by atoms with Crippen molar-refractivity contribution in [3.05, 3.63) is 29.8 Å². The van der Waals surface area contributed by atoms with Gasteiger partial charge in [0.15, 0.2) is 5.92 Å². The molecule has 7 nitrogen and oxygen atoms in total. The van der Waals surface area contributed by atoms with Crippen molar-refractivity contribution in [1.82, 2.24) is 0 Å². The van der Waals surface area contributed by atoms with E-state index in [0.717, 1.165) is 25.7 Å². The average Bonchev–Trinajstić information content (AvgIpc) is 2.67. The standard InChI is InChI=1S/C22H29NO6/c1-5-7-8-15(6-2)14-27-19(24)16-9-11-17(12-10-16)23-13-18-20(25)28-22(3,4)29-21(18)26/h9-13,15,18H,5-8,14H2,1-4H3. The number of rotatable bonds is 9. The molecule has 1 aromatic carbocycles. The second-order valence-corrected chi connectivity index (χ2v) is 7.56. The molecule has 0 saturated carbocycles. The van der Waals surface area contributed by atoms with E-state index in [-0.39, 0.29) is 5.97 Å². The van der Waals surface area contributed by atoms with Gasteiger partial charge in [0.25, 0.3) is 5.79 Å². The van der Waals surface area contributed by atoms with Gasteiger partial charge in [-0.2, -0.15) is 0 Å². The zero-order valence-corrected chi connectivity index (χ0v) is 17.5. The van der Waals surface area contributed by atoms with Crippen LogP contribution in [0.15, 0.2) is 29.3 Å². The molecule has 0 spiro atoms. The molecular formula is C22H29NO6. The van der Waals surface area contributed by atoms with Crippen molar-refractivity contribution < 1.29 is 28.6 Å². The molecule has 0 amide bonds. The second-order valence-electron chi connectivity index (χ2n) is 7.56. The highest BCUT2D eigenvalue weighted by Crippen LogP contribution is 2.23. The molecule has 2 rings (SSSR count). The number of unbranched alkanes of at least 4 members (excludes halogenated alkanes) is 1. The monoisotopic (exact) mass is 403 g/mol.